The zero-order valence-corrected chi connectivity index (χ0v) is 7.92. The number of Topliss-reactive ketones (excluding diaryl/α,β-unsaturated/α-hetero) is 1. The smallest absolute Gasteiger partial charge is 0.161 e. The molecule has 68 valence electrons. The van der Waals surface area contributed by atoms with Gasteiger partial charge in [-0.1, -0.05) is 20.4 Å². The number of ketones is 1. The lowest BCUT2D eigenvalue weighted by Crippen LogP contribution is -2.06. The molecule has 0 aromatic carbocycles. The number of aliphatic hydroxyl groups is 1. The summed E-state index contributed by atoms with van der Waals surface area (Å²) in [6.45, 7) is 9.48. The van der Waals surface area contributed by atoms with Crippen molar-refractivity contribution in [3.05, 3.63) is 12.2 Å². The molecule has 0 aromatic rings. The Kier molecular flexibility index (Phi) is 2.13. The minimum absolute atomic E-state index is 0.000000000000000444. The van der Waals surface area contributed by atoms with Crippen molar-refractivity contribution in [3.63, 3.8) is 0 Å². The fourth-order valence-electron chi connectivity index (χ4n) is 1.87. The Bertz CT molecular complexity index is 228. The Morgan fingerprint density at radius 2 is 2.08 bits per heavy atom. The van der Waals surface area contributed by atoms with E-state index in [0.29, 0.717) is 5.57 Å². The molecular weight excluding hydrogens is 152 g/mol. The Morgan fingerprint density at radius 1 is 1.58 bits per heavy atom. The third kappa shape index (κ3) is 1.20. The molecule has 0 saturated heterocycles. The van der Waals surface area contributed by atoms with Crippen LogP contribution in [0.5, 0.6) is 0 Å². The van der Waals surface area contributed by atoms with E-state index in [1.54, 1.807) is 6.92 Å². The Morgan fingerprint density at radius 3 is 2.33 bits per heavy atom. The van der Waals surface area contributed by atoms with Gasteiger partial charge in [0.05, 0.1) is 0 Å². The lowest BCUT2D eigenvalue weighted by atomic mass is 10.0. The average Bonchev–Trinajstić information content (AvgIpc) is 2.50. The molecule has 1 N–H and O–H groups in total. The number of hydrogen-bond acceptors (Lipinski definition) is 2. The van der Waals surface area contributed by atoms with Crippen molar-refractivity contribution < 1.29 is 9.90 Å². The lowest BCUT2D eigenvalue weighted by molar-refractivity contribution is -0.117. The van der Waals surface area contributed by atoms with Crippen LogP contribution < -0.4 is 0 Å². The van der Waals surface area contributed by atoms with Crippen LogP contribution in [-0.2, 0) is 4.79 Å². The van der Waals surface area contributed by atoms with Crippen molar-refractivity contribution in [3.8, 4) is 0 Å². The molecule has 0 spiro atoms. The second kappa shape index (κ2) is 2.70. The number of carbonyl (C=O) groups excluding carboxylic acids is 1. The van der Waals surface area contributed by atoms with Gasteiger partial charge in [0, 0.05) is 12.5 Å². The molecule has 1 saturated carbocycles. The maximum absolute atomic E-state index is 11.5. The third-order valence-corrected chi connectivity index (χ3v) is 2.95. The van der Waals surface area contributed by atoms with Crippen LogP contribution >= 0.6 is 0 Å². The van der Waals surface area contributed by atoms with Gasteiger partial charge in [-0.25, -0.2) is 0 Å². The first-order valence-electron chi connectivity index (χ1n) is 4.23. The van der Waals surface area contributed by atoms with Gasteiger partial charge in [-0.2, -0.15) is 0 Å². The molecule has 0 bridgehead atoms. The van der Waals surface area contributed by atoms with Crippen LogP contribution in [-0.4, -0.2) is 17.5 Å². The van der Waals surface area contributed by atoms with Crippen LogP contribution in [0.3, 0.4) is 0 Å². The molecule has 0 amide bonds. The quantitative estimate of drug-likeness (QED) is 0.647. The molecule has 2 atom stereocenters. The Hall–Kier alpha value is -0.630. The summed E-state index contributed by atoms with van der Waals surface area (Å²) < 4.78 is 0. The van der Waals surface area contributed by atoms with E-state index in [9.17, 15) is 4.79 Å². The second-order valence-corrected chi connectivity index (χ2v) is 4.23. The summed E-state index contributed by atoms with van der Waals surface area (Å²) in [7, 11) is 0. The summed E-state index contributed by atoms with van der Waals surface area (Å²) in [5, 5.41) is 8.96. The largest absolute Gasteiger partial charge is 0.396 e. The number of allylic oxidation sites excluding steroid dienone is 1. The van der Waals surface area contributed by atoms with E-state index < -0.39 is 0 Å². The van der Waals surface area contributed by atoms with Crippen LogP contribution in [0.2, 0.25) is 0 Å². The maximum Gasteiger partial charge on any atom is 0.161 e. The molecule has 12 heavy (non-hydrogen) atoms. The molecule has 1 aliphatic carbocycles. The molecular formula is C10H16O2. The van der Waals surface area contributed by atoms with Crippen LogP contribution in [0.15, 0.2) is 12.2 Å². The van der Waals surface area contributed by atoms with Gasteiger partial charge < -0.3 is 5.11 Å². The van der Waals surface area contributed by atoms with Crippen LogP contribution in [0.1, 0.15) is 20.8 Å². The van der Waals surface area contributed by atoms with E-state index in [1.807, 2.05) is 13.8 Å². The monoisotopic (exact) mass is 168 g/mol. The van der Waals surface area contributed by atoms with Crippen molar-refractivity contribution in [2.75, 3.05) is 6.61 Å². The van der Waals surface area contributed by atoms with Gasteiger partial charge in [0.15, 0.2) is 5.78 Å². The minimum Gasteiger partial charge on any atom is -0.396 e. The minimum atomic E-state index is -0.0230. The van der Waals surface area contributed by atoms with Crippen LogP contribution in [0, 0.1) is 17.3 Å². The fraction of sp³-hybridized carbons (Fsp3) is 0.700. The van der Waals surface area contributed by atoms with Gasteiger partial charge in [-0.05, 0) is 23.8 Å². The van der Waals surface area contributed by atoms with E-state index >= 15 is 0 Å². The van der Waals surface area contributed by atoms with E-state index in [-0.39, 0.29) is 29.6 Å². The van der Waals surface area contributed by atoms with Gasteiger partial charge >= 0.3 is 0 Å². The number of hydrogen-bond donors (Lipinski definition) is 1. The second-order valence-electron chi connectivity index (χ2n) is 4.23. The summed E-state index contributed by atoms with van der Waals surface area (Å²) >= 11 is 0. The van der Waals surface area contributed by atoms with Crippen molar-refractivity contribution >= 4 is 5.78 Å². The van der Waals surface area contributed by atoms with Gasteiger partial charge in [0.25, 0.3) is 0 Å². The number of aliphatic hydroxyl groups excluding tert-OH is 1. The molecule has 2 heteroatoms. The molecule has 1 rings (SSSR count). The molecule has 1 fully saturated rings. The predicted octanol–water partition coefficient (Wildman–Crippen LogP) is 1.40. The van der Waals surface area contributed by atoms with Gasteiger partial charge in [0.1, 0.15) is 0 Å². The molecule has 2 nitrogen and oxygen atoms in total. The zero-order valence-electron chi connectivity index (χ0n) is 7.92. The highest BCUT2D eigenvalue weighted by Crippen LogP contribution is 2.58. The van der Waals surface area contributed by atoms with E-state index in [1.165, 1.54) is 0 Å². The van der Waals surface area contributed by atoms with Crippen molar-refractivity contribution in [1.82, 2.24) is 0 Å². The highest BCUT2D eigenvalue weighted by Gasteiger charge is 2.60. The molecule has 0 aromatic heterocycles. The molecule has 1 aliphatic rings. The molecule has 0 aliphatic heterocycles. The van der Waals surface area contributed by atoms with Crippen molar-refractivity contribution in [2.24, 2.45) is 17.3 Å². The summed E-state index contributed by atoms with van der Waals surface area (Å²) in [6, 6.07) is 0. The summed E-state index contributed by atoms with van der Waals surface area (Å²) in [6.07, 6.45) is 0. The highest BCUT2D eigenvalue weighted by molar-refractivity contribution is 5.98. The average molecular weight is 168 g/mol. The molecule has 0 radical (unpaired) electrons. The third-order valence-electron chi connectivity index (χ3n) is 2.95. The van der Waals surface area contributed by atoms with Gasteiger partial charge in [-0.15, -0.1) is 0 Å². The van der Waals surface area contributed by atoms with Gasteiger partial charge in [0.2, 0.25) is 0 Å². The van der Waals surface area contributed by atoms with Crippen LogP contribution in [0.25, 0.3) is 0 Å². The highest BCUT2D eigenvalue weighted by atomic mass is 16.3. The van der Waals surface area contributed by atoms with Crippen molar-refractivity contribution in [1.29, 1.82) is 0 Å². The summed E-state index contributed by atoms with van der Waals surface area (Å²) in [5.74, 6) is 0.251. The lowest BCUT2D eigenvalue weighted by Gasteiger charge is -2.00. The Balaban J connectivity index is 2.70. The topological polar surface area (TPSA) is 37.3 Å². The van der Waals surface area contributed by atoms with E-state index in [0.717, 1.165) is 0 Å². The maximum atomic E-state index is 11.5. The fourth-order valence-corrected chi connectivity index (χ4v) is 1.87. The van der Waals surface area contributed by atoms with E-state index in [2.05, 4.69) is 6.58 Å². The SMILES string of the molecule is C=C(C)C(=O)C1C(CO)C1(C)C. The van der Waals surface area contributed by atoms with Gasteiger partial charge in [-0.3, -0.25) is 4.79 Å². The first-order chi connectivity index (χ1) is 5.42. The first-order valence-corrected chi connectivity index (χ1v) is 4.23. The zero-order chi connectivity index (χ0) is 9.52. The normalized spacial score (nSPS) is 31.3. The predicted molar refractivity (Wildman–Crippen MR) is 47.7 cm³/mol. The first kappa shape index (κ1) is 9.46. The summed E-state index contributed by atoms with van der Waals surface area (Å²) in [4.78, 5) is 11.5. The standard InChI is InChI=1S/C10H16O2/c1-6(2)9(12)8-7(5-11)10(8,3)4/h7-8,11H,1,5H2,2-4H3. The number of carbonyl (C=O) groups is 1. The van der Waals surface area contributed by atoms with E-state index in [4.69, 9.17) is 5.11 Å². The molecule has 2 unspecified atom stereocenters. The number of rotatable bonds is 3. The van der Waals surface area contributed by atoms with Crippen LogP contribution in [0.4, 0.5) is 0 Å². The molecule has 0 heterocycles. The Labute approximate surface area is 73.3 Å². The summed E-state index contributed by atoms with van der Waals surface area (Å²) in [5.41, 5.74) is 0.578. The van der Waals surface area contributed by atoms with Crippen molar-refractivity contribution in [2.45, 2.75) is 20.8 Å².